The van der Waals surface area contributed by atoms with E-state index in [1.165, 1.54) is 24.3 Å². The fourth-order valence-corrected chi connectivity index (χ4v) is 8.11. The Hall–Kier alpha value is -5.90. The maximum Gasteiger partial charge on any atom is 0.295 e. The minimum atomic E-state index is -4.91. The first-order valence-corrected chi connectivity index (χ1v) is 22.6. The summed E-state index contributed by atoms with van der Waals surface area (Å²) in [5.41, 5.74) is 2.89. The molecule has 21 nitrogen and oxygen atoms in total. The van der Waals surface area contributed by atoms with Gasteiger partial charge in [0.2, 0.25) is 17.2 Å². The third kappa shape index (κ3) is 10.3. The molecule has 6 aromatic rings. The van der Waals surface area contributed by atoms with Crippen LogP contribution in [-0.4, -0.2) is 73.9 Å². The third-order valence-electron chi connectivity index (χ3n) is 8.37. The van der Waals surface area contributed by atoms with Crippen LogP contribution in [0, 0.1) is 13.8 Å². The van der Waals surface area contributed by atoms with E-state index in [9.17, 15) is 51.9 Å². The summed E-state index contributed by atoms with van der Waals surface area (Å²) in [6.07, 6.45) is 0. The monoisotopic (exact) mass is 917 g/mol. The van der Waals surface area contributed by atoms with E-state index in [1.807, 2.05) is 0 Å². The van der Waals surface area contributed by atoms with Crippen LogP contribution in [-0.2, 0) is 40.5 Å². The Morgan fingerprint density at radius 3 is 1.72 bits per heavy atom. The summed E-state index contributed by atoms with van der Waals surface area (Å²) in [5.74, 6) is 0.210. The van der Waals surface area contributed by atoms with E-state index >= 15 is 0 Å². The number of hydrogen-bond acceptors (Lipinski definition) is 17. The van der Waals surface area contributed by atoms with Crippen molar-refractivity contribution >= 4 is 109 Å². The number of azo groups is 2. The second-order valence-corrected chi connectivity index (χ2v) is 18.7. The van der Waals surface area contributed by atoms with Crippen LogP contribution < -0.4 is 10.2 Å². The lowest BCUT2D eigenvalue weighted by Gasteiger charge is -2.19. The van der Waals surface area contributed by atoms with Gasteiger partial charge in [0, 0.05) is 23.8 Å². The molecule has 5 N–H and O–H groups in total. The van der Waals surface area contributed by atoms with E-state index in [1.54, 1.807) is 56.1 Å². The van der Waals surface area contributed by atoms with Crippen LogP contribution in [0.2, 0.25) is 5.28 Å². The number of hydrogen-bond donors (Lipinski definition) is 5. The average molecular weight is 918 g/mol. The van der Waals surface area contributed by atoms with Crippen LogP contribution in [0.25, 0.3) is 10.8 Å². The molecule has 0 aliphatic carbocycles. The highest BCUT2D eigenvalue weighted by Crippen LogP contribution is 2.34. The molecule has 0 aliphatic rings. The van der Waals surface area contributed by atoms with Crippen molar-refractivity contribution in [3.05, 3.63) is 101 Å². The molecule has 0 atom stereocenters. The number of aryl methyl sites for hydroxylation is 2. The summed E-state index contributed by atoms with van der Waals surface area (Å²) in [6.45, 7) is 3.43. The van der Waals surface area contributed by atoms with Crippen LogP contribution in [0.3, 0.4) is 0 Å². The van der Waals surface area contributed by atoms with E-state index < -0.39 is 60.1 Å². The standard InChI is InChI=1S/C34H28ClN9O12S4/c1-18-10-21(6-8-29(18)43-41-23-13-26(58(48,49)50)16-27(14-23)59(51,52)53)36-33-37-32(35)38-34(39-33)44(3)24-7-9-30(19(2)11-24)42-40-22-5-4-20-12-25(57(45,46)47)17-31(28(20)15-22)60(54,55)56/h4-17H,1-3H3,(H,45,46,47)(H,48,49,50)(H,51,52,53)(H,54,55,56)(H,36,37,38,39)/b42-40+,43-41+. The van der Waals surface area contributed by atoms with E-state index in [2.05, 4.69) is 40.7 Å². The molecule has 0 bridgehead atoms. The fraction of sp³-hybridized carbons (Fsp3) is 0.0882. The largest absolute Gasteiger partial charge is 0.324 e. The van der Waals surface area contributed by atoms with Gasteiger partial charge in [-0.25, -0.2) is 0 Å². The van der Waals surface area contributed by atoms with Gasteiger partial charge in [0.05, 0.1) is 37.4 Å². The van der Waals surface area contributed by atoms with E-state index in [4.69, 9.17) is 11.6 Å². The van der Waals surface area contributed by atoms with Gasteiger partial charge in [0.15, 0.2) is 0 Å². The first-order chi connectivity index (χ1) is 27.8. The lowest BCUT2D eigenvalue weighted by molar-refractivity contribution is 0.477. The molecule has 0 radical (unpaired) electrons. The Kier molecular flexibility index (Phi) is 11.8. The highest BCUT2D eigenvalue weighted by Gasteiger charge is 2.22. The molecule has 1 heterocycles. The predicted molar refractivity (Wildman–Crippen MR) is 217 cm³/mol. The van der Waals surface area contributed by atoms with Crippen molar-refractivity contribution in [1.29, 1.82) is 0 Å². The van der Waals surface area contributed by atoms with Gasteiger partial charge in [0.25, 0.3) is 40.5 Å². The molecule has 0 unspecified atom stereocenters. The number of fused-ring (bicyclic) bond motifs is 1. The Morgan fingerprint density at radius 2 is 1.15 bits per heavy atom. The van der Waals surface area contributed by atoms with Crippen molar-refractivity contribution in [3.63, 3.8) is 0 Å². The predicted octanol–water partition coefficient (Wildman–Crippen LogP) is 7.62. The second kappa shape index (κ2) is 16.3. The molecule has 312 valence electrons. The molecule has 0 amide bonds. The lowest BCUT2D eigenvalue weighted by Crippen LogP contribution is -2.15. The highest BCUT2D eigenvalue weighted by molar-refractivity contribution is 7.87. The zero-order valence-electron chi connectivity index (χ0n) is 30.7. The minimum absolute atomic E-state index is 0.0558. The van der Waals surface area contributed by atoms with Gasteiger partial charge in [-0.15, -0.1) is 0 Å². The van der Waals surface area contributed by atoms with Gasteiger partial charge in [-0.2, -0.15) is 69.1 Å². The van der Waals surface area contributed by atoms with E-state index in [-0.39, 0.29) is 39.3 Å². The van der Waals surface area contributed by atoms with Crippen molar-refractivity contribution in [2.75, 3.05) is 17.3 Å². The van der Waals surface area contributed by atoms with Crippen LogP contribution in [0.1, 0.15) is 11.1 Å². The number of anilines is 4. The third-order valence-corrected chi connectivity index (χ3v) is 11.9. The minimum Gasteiger partial charge on any atom is -0.324 e. The van der Waals surface area contributed by atoms with Crippen molar-refractivity contribution in [2.24, 2.45) is 20.5 Å². The molecule has 0 saturated heterocycles. The topological polar surface area (TPSA) is 321 Å². The number of aromatic nitrogens is 3. The fourth-order valence-electron chi connectivity index (χ4n) is 5.44. The van der Waals surface area contributed by atoms with Gasteiger partial charge >= 0.3 is 0 Å². The summed E-state index contributed by atoms with van der Waals surface area (Å²) < 4.78 is 132. The number of nitrogens with one attached hydrogen (secondary N) is 1. The van der Waals surface area contributed by atoms with Gasteiger partial charge in [-0.05, 0) is 121 Å². The Bertz CT molecular complexity index is 3210. The average Bonchev–Trinajstić information content (AvgIpc) is 3.14. The molecular weight excluding hydrogens is 890 g/mol. The molecule has 0 spiro atoms. The Labute approximate surface area is 346 Å². The van der Waals surface area contributed by atoms with Gasteiger partial charge < -0.3 is 10.2 Å². The summed E-state index contributed by atoms with van der Waals surface area (Å²) in [5, 5.41) is 19.3. The molecule has 0 fully saturated rings. The maximum absolute atomic E-state index is 12.1. The zero-order valence-corrected chi connectivity index (χ0v) is 34.7. The van der Waals surface area contributed by atoms with Crippen molar-refractivity contribution < 1.29 is 51.9 Å². The quantitative estimate of drug-likeness (QED) is 0.0582. The molecule has 26 heteroatoms. The summed E-state index contributed by atoms with van der Waals surface area (Å²) >= 11 is 6.26. The highest BCUT2D eigenvalue weighted by atomic mass is 35.5. The van der Waals surface area contributed by atoms with Crippen LogP contribution >= 0.6 is 11.6 Å². The summed E-state index contributed by atoms with van der Waals surface area (Å²) in [6, 6.07) is 17.9. The molecule has 1 aromatic heterocycles. The summed E-state index contributed by atoms with van der Waals surface area (Å²) in [7, 11) is -17.7. The van der Waals surface area contributed by atoms with E-state index in [0.717, 1.165) is 18.2 Å². The lowest BCUT2D eigenvalue weighted by atomic mass is 10.1. The van der Waals surface area contributed by atoms with E-state index in [0.29, 0.717) is 46.0 Å². The van der Waals surface area contributed by atoms with Crippen LogP contribution in [0.4, 0.5) is 46.0 Å². The van der Waals surface area contributed by atoms with Crippen molar-refractivity contribution in [1.82, 2.24) is 15.0 Å². The molecule has 0 aliphatic heterocycles. The normalized spacial score (nSPS) is 12.7. The number of nitrogens with zero attached hydrogens (tertiary/aromatic N) is 8. The first kappa shape index (κ1) is 43.7. The van der Waals surface area contributed by atoms with Crippen LogP contribution in [0.5, 0.6) is 0 Å². The van der Waals surface area contributed by atoms with Crippen LogP contribution in [0.15, 0.2) is 125 Å². The molecule has 60 heavy (non-hydrogen) atoms. The zero-order chi connectivity index (χ0) is 43.9. The molecule has 6 rings (SSSR count). The Morgan fingerprint density at radius 1 is 0.583 bits per heavy atom. The van der Waals surface area contributed by atoms with Crippen molar-refractivity contribution in [3.8, 4) is 0 Å². The SMILES string of the molecule is Cc1cc(Nc2nc(Cl)nc(N(C)c3ccc(/N=N/c4ccc5cc(S(=O)(=O)O)cc(S(=O)(=O)O)c5c4)c(C)c3)n2)ccc1/N=N/c1cc(S(=O)(=O)O)cc(S(=O)(=O)O)c1. The first-order valence-electron chi connectivity index (χ1n) is 16.5. The molecule has 0 saturated carbocycles. The molecular formula is C34H28ClN9O12S4. The van der Waals surface area contributed by atoms with Gasteiger partial charge in [-0.3, -0.25) is 18.2 Å². The number of halogens is 1. The van der Waals surface area contributed by atoms with Gasteiger partial charge in [0.1, 0.15) is 4.90 Å². The summed E-state index contributed by atoms with van der Waals surface area (Å²) in [4.78, 5) is 11.3. The van der Waals surface area contributed by atoms with Gasteiger partial charge in [-0.1, -0.05) is 6.07 Å². The molecule has 5 aromatic carbocycles. The maximum atomic E-state index is 12.1. The number of rotatable bonds is 12. The van der Waals surface area contributed by atoms with Crippen molar-refractivity contribution in [2.45, 2.75) is 33.4 Å². The second-order valence-electron chi connectivity index (χ2n) is 12.7. The number of benzene rings is 5. The smallest absolute Gasteiger partial charge is 0.295 e. The Balaban J connectivity index is 1.19.